The fraction of sp³-hybridized carbons (Fsp3) is 0.0714. The summed E-state index contributed by atoms with van der Waals surface area (Å²) < 4.78 is 6.48. The lowest BCUT2D eigenvalue weighted by molar-refractivity contribution is -0.120. The lowest BCUT2D eigenvalue weighted by Crippen LogP contribution is -2.35. The number of ether oxygens (including phenoxy) is 1. The van der Waals surface area contributed by atoms with E-state index in [2.05, 4.69) is 38.4 Å². The third-order valence-corrected chi connectivity index (χ3v) is 6.24. The molecule has 36 heavy (non-hydrogen) atoms. The van der Waals surface area contributed by atoms with E-state index in [-0.39, 0.29) is 12.5 Å². The van der Waals surface area contributed by atoms with E-state index in [0.29, 0.717) is 22.4 Å². The van der Waals surface area contributed by atoms with Crippen molar-refractivity contribution in [1.29, 1.82) is 0 Å². The lowest BCUT2D eigenvalue weighted by atomic mass is 10.0. The van der Waals surface area contributed by atoms with E-state index in [1.54, 1.807) is 36.4 Å². The molecule has 180 valence electrons. The second-order valence-corrected chi connectivity index (χ2v) is 9.08. The van der Waals surface area contributed by atoms with Crippen molar-refractivity contribution in [2.45, 2.75) is 6.92 Å². The van der Waals surface area contributed by atoms with Crippen LogP contribution in [0.2, 0.25) is 0 Å². The zero-order valence-electron chi connectivity index (χ0n) is 19.3. The molecule has 0 bridgehead atoms. The van der Waals surface area contributed by atoms with Gasteiger partial charge < -0.3 is 10.1 Å². The molecule has 8 heteroatoms. The summed E-state index contributed by atoms with van der Waals surface area (Å²) in [5.74, 6) is -1.03. The maximum absolute atomic E-state index is 12.7. The summed E-state index contributed by atoms with van der Waals surface area (Å²) in [4.78, 5) is 37.3. The second kappa shape index (κ2) is 11.6. The largest absolute Gasteiger partial charge is 0.422 e. The number of benzene rings is 4. The molecule has 4 aromatic carbocycles. The normalized spacial score (nSPS) is 10.8. The molecule has 0 saturated carbocycles. The van der Waals surface area contributed by atoms with Crippen LogP contribution in [-0.2, 0) is 4.79 Å². The highest BCUT2D eigenvalue weighted by Gasteiger charge is 2.14. The summed E-state index contributed by atoms with van der Waals surface area (Å²) in [6.07, 6.45) is 1.43. The molecule has 0 aliphatic heterocycles. The van der Waals surface area contributed by atoms with Crippen LogP contribution in [0.15, 0.2) is 90.0 Å². The second-order valence-electron chi connectivity index (χ2n) is 7.91. The average Bonchev–Trinajstić information content (AvgIpc) is 2.88. The molecule has 0 unspecified atom stereocenters. The SMILES string of the molecule is Cc1cccc(C(=O)Oc2ccc3ccccc3c2C=NNC(=O)CNC(=O)c2ccccc2I)c1. The summed E-state index contributed by atoms with van der Waals surface area (Å²) >= 11 is 2.06. The third kappa shape index (κ3) is 6.14. The number of carbonyl (C=O) groups is 3. The molecule has 0 atom stereocenters. The molecule has 0 aliphatic carbocycles. The highest BCUT2D eigenvalue weighted by atomic mass is 127. The predicted molar refractivity (Wildman–Crippen MR) is 147 cm³/mol. The Balaban J connectivity index is 1.48. The van der Waals surface area contributed by atoms with E-state index >= 15 is 0 Å². The molecule has 0 spiro atoms. The summed E-state index contributed by atoms with van der Waals surface area (Å²) in [5, 5.41) is 8.35. The van der Waals surface area contributed by atoms with Gasteiger partial charge in [-0.05, 0) is 70.6 Å². The topological polar surface area (TPSA) is 96.9 Å². The number of halogens is 1. The van der Waals surface area contributed by atoms with E-state index in [1.165, 1.54) is 6.21 Å². The molecular weight excluding hydrogens is 569 g/mol. The summed E-state index contributed by atoms with van der Waals surface area (Å²) in [6.45, 7) is 1.66. The van der Waals surface area contributed by atoms with Crippen LogP contribution in [-0.4, -0.2) is 30.5 Å². The fourth-order valence-corrected chi connectivity index (χ4v) is 4.17. The number of fused-ring (bicyclic) bond motifs is 1. The lowest BCUT2D eigenvalue weighted by Gasteiger charge is -2.11. The van der Waals surface area contributed by atoms with Crippen LogP contribution < -0.4 is 15.5 Å². The first-order valence-corrected chi connectivity index (χ1v) is 12.2. The van der Waals surface area contributed by atoms with Gasteiger partial charge in [0.05, 0.1) is 23.9 Å². The molecule has 0 radical (unpaired) electrons. The summed E-state index contributed by atoms with van der Waals surface area (Å²) in [7, 11) is 0. The van der Waals surface area contributed by atoms with Crippen molar-refractivity contribution in [3.05, 3.63) is 111 Å². The van der Waals surface area contributed by atoms with Crippen LogP contribution in [0.25, 0.3) is 10.8 Å². The van der Waals surface area contributed by atoms with Gasteiger partial charge in [0.1, 0.15) is 5.75 Å². The summed E-state index contributed by atoms with van der Waals surface area (Å²) in [5.41, 5.74) is 4.82. The van der Waals surface area contributed by atoms with E-state index in [4.69, 9.17) is 4.74 Å². The number of amides is 2. The Morgan fingerprint density at radius 2 is 1.72 bits per heavy atom. The van der Waals surface area contributed by atoms with Crippen LogP contribution in [0.3, 0.4) is 0 Å². The van der Waals surface area contributed by atoms with Gasteiger partial charge in [0, 0.05) is 9.13 Å². The summed E-state index contributed by atoms with van der Waals surface area (Å²) in [6, 6.07) is 25.4. The van der Waals surface area contributed by atoms with Crippen LogP contribution in [0.4, 0.5) is 0 Å². The van der Waals surface area contributed by atoms with Gasteiger partial charge in [-0.3, -0.25) is 9.59 Å². The minimum Gasteiger partial charge on any atom is -0.422 e. The van der Waals surface area contributed by atoms with Crippen molar-refractivity contribution in [2.75, 3.05) is 6.54 Å². The molecule has 4 aromatic rings. The molecule has 4 rings (SSSR count). The Bertz CT molecular complexity index is 1480. The van der Waals surface area contributed by atoms with Gasteiger partial charge in [-0.25, -0.2) is 10.2 Å². The fourth-order valence-electron chi connectivity index (χ4n) is 3.54. The Hall–Kier alpha value is -4.05. The number of hydrogen-bond acceptors (Lipinski definition) is 5. The molecule has 7 nitrogen and oxygen atoms in total. The zero-order valence-corrected chi connectivity index (χ0v) is 21.5. The molecule has 0 fully saturated rings. The van der Waals surface area contributed by atoms with Gasteiger partial charge in [-0.2, -0.15) is 5.10 Å². The number of carbonyl (C=O) groups excluding carboxylic acids is 3. The molecule has 0 saturated heterocycles. The van der Waals surface area contributed by atoms with E-state index in [0.717, 1.165) is 19.9 Å². The van der Waals surface area contributed by atoms with Crippen molar-refractivity contribution in [3.8, 4) is 5.75 Å². The maximum Gasteiger partial charge on any atom is 0.343 e. The Morgan fingerprint density at radius 3 is 2.53 bits per heavy atom. The van der Waals surface area contributed by atoms with Crippen molar-refractivity contribution in [2.24, 2.45) is 5.10 Å². The maximum atomic E-state index is 12.7. The van der Waals surface area contributed by atoms with Crippen molar-refractivity contribution >= 4 is 57.4 Å². The smallest absolute Gasteiger partial charge is 0.343 e. The number of aryl methyl sites for hydroxylation is 1. The van der Waals surface area contributed by atoms with Gasteiger partial charge in [0.15, 0.2) is 0 Å². The number of esters is 1. The highest BCUT2D eigenvalue weighted by molar-refractivity contribution is 14.1. The quantitative estimate of drug-likeness (QED) is 0.106. The molecule has 2 amide bonds. The molecule has 0 aromatic heterocycles. The standard InChI is InChI=1S/C28H22IN3O4/c1-18-7-6-9-20(15-18)28(35)36-25-14-13-19-8-2-3-10-21(19)23(25)16-31-32-26(33)17-30-27(34)22-11-4-5-12-24(22)29/h2-16H,17H2,1H3,(H,30,34)(H,32,33). The minimum absolute atomic E-state index is 0.244. The van der Waals surface area contributed by atoms with E-state index in [1.807, 2.05) is 55.5 Å². The van der Waals surface area contributed by atoms with Crippen molar-refractivity contribution < 1.29 is 19.1 Å². The first kappa shape index (κ1) is 25.1. The van der Waals surface area contributed by atoms with Gasteiger partial charge in [-0.15, -0.1) is 0 Å². The number of nitrogens with one attached hydrogen (secondary N) is 2. The number of nitrogens with zero attached hydrogens (tertiary/aromatic N) is 1. The van der Waals surface area contributed by atoms with Crippen LogP contribution >= 0.6 is 22.6 Å². The molecule has 0 heterocycles. The molecule has 0 aliphatic rings. The van der Waals surface area contributed by atoms with Gasteiger partial charge in [0.2, 0.25) is 0 Å². The van der Waals surface area contributed by atoms with Crippen LogP contribution in [0, 0.1) is 10.5 Å². The van der Waals surface area contributed by atoms with Gasteiger partial charge in [-0.1, -0.05) is 60.2 Å². The van der Waals surface area contributed by atoms with Crippen molar-refractivity contribution in [3.63, 3.8) is 0 Å². The van der Waals surface area contributed by atoms with E-state index < -0.39 is 11.9 Å². The van der Waals surface area contributed by atoms with Crippen LogP contribution in [0.5, 0.6) is 5.75 Å². The predicted octanol–water partition coefficient (Wildman–Crippen LogP) is 4.85. The first-order chi connectivity index (χ1) is 17.4. The first-order valence-electron chi connectivity index (χ1n) is 11.1. The monoisotopic (exact) mass is 591 g/mol. The number of rotatable bonds is 7. The van der Waals surface area contributed by atoms with Gasteiger partial charge >= 0.3 is 5.97 Å². The van der Waals surface area contributed by atoms with E-state index in [9.17, 15) is 14.4 Å². The Labute approximate surface area is 221 Å². The third-order valence-electron chi connectivity index (χ3n) is 5.30. The average molecular weight is 591 g/mol. The van der Waals surface area contributed by atoms with Gasteiger partial charge in [0.25, 0.3) is 11.8 Å². The Morgan fingerprint density at radius 1 is 0.944 bits per heavy atom. The highest BCUT2D eigenvalue weighted by Crippen LogP contribution is 2.27. The zero-order chi connectivity index (χ0) is 25.5. The number of hydrogen-bond donors (Lipinski definition) is 2. The van der Waals surface area contributed by atoms with Crippen LogP contribution in [0.1, 0.15) is 31.8 Å². The minimum atomic E-state index is -0.496. The number of hydrazone groups is 1. The Kier molecular flexibility index (Phi) is 8.06. The van der Waals surface area contributed by atoms with Crippen molar-refractivity contribution in [1.82, 2.24) is 10.7 Å². The molecule has 2 N–H and O–H groups in total. The molecular formula is C28H22IN3O4.